The van der Waals surface area contributed by atoms with Crippen LogP contribution in [0.5, 0.6) is 5.75 Å². The number of pyridine rings is 1. The Morgan fingerprint density at radius 1 is 1.11 bits per heavy atom. The maximum Gasteiger partial charge on any atom is 1.00 e. The summed E-state index contributed by atoms with van der Waals surface area (Å²) in [5.74, 6) is 0.0825. The Morgan fingerprint density at radius 2 is 1.79 bits per heavy atom. The van der Waals surface area contributed by atoms with E-state index in [2.05, 4.69) is 37.9 Å². The minimum Gasteiger partial charge on any atom is -0.868 e. The summed E-state index contributed by atoms with van der Waals surface area (Å²) in [5, 5.41) is 12.9. The maximum atomic E-state index is 11.9. The molecule has 1 aromatic carbocycles. The molecule has 1 N–H and O–H groups in total. The minimum atomic E-state index is 0. The van der Waals surface area contributed by atoms with Gasteiger partial charge in [0.15, 0.2) is 5.69 Å². The van der Waals surface area contributed by atoms with E-state index >= 15 is 0 Å². The van der Waals surface area contributed by atoms with Gasteiger partial charge in [-0.3, -0.25) is 0 Å². The molecular weight excluding hydrogens is 229 g/mol. The predicted octanol–water partition coefficient (Wildman–Crippen LogP) is -0.191. The van der Waals surface area contributed by atoms with Crippen LogP contribution in [0.3, 0.4) is 0 Å². The van der Waals surface area contributed by atoms with E-state index in [0.29, 0.717) is 0 Å². The van der Waals surface area contributed by atoms with E-state index in [1.54, 1.807) is 6.07 Å². The SMILES string of the molecule is CC(C)(C)C1(c2ccc3cccc([O-])c3[nH+]2)CC1.[Li+]. The van der Waals surface area contributed by atoms with E-state index in [1.165, 1.54) is 18.5 Å². The number of hydrogen-bond donors (Lipinski definition) is 0. The van der Waals surface area contributed by atoms with Crippen molar-refractivity contribution in [1.29, 1.82) is 0 Å². The van der Waals surface area contributed by atoms with Crippen LogP contribution in [0.4, 0.5) is 0 Å². The van der Waals surface area contributed by atoms with Crippen molar-refractivity contribution in [1.82, 2.24) is 0 Å². The van der Waals surface area contributed by atoms with Gasteiger partial charge in [0.05, 0.1) is 5.41 Å². The van der Waals surface area contributed by atoms with Crippen LogP contribution >= 0.6 is 0 Å². The van der Waals surface area contributed by atoms with Gasteiger partial charge >= 0.3 is 18.9 Å². The summed E-state index contributed by atoms with van der Waals surface area (Å²) >= 11 is 0. The van der Waals surface area contributed by atoms with Crippen LogP contribution in [0.2, 0.25) is 0 Å². The number of benzene rings is 1. The molecule has 2 aromatic rings. The van der Waals surface area contributed by atoms with Gasteiger partial charge < -0.3 is 5.11 Å². The number of para-hydroxylation sites is 1. The molecule has 1 aliphatic rings. The smallest absolute Gasteiger partial charge is 0.868 e. The molecule has 3 rings (SSSR count). The van der Waals surface area contributed by atoms with Crippen molar-refractivity contribution in [2.45, 2.75) is 39.0 Å². The second-order valence-corrected chi connectivity index (χ2v) is 6.42. The summed E-state index contributed by atoms with van der Waals surface area (Å²) in [5.41, 5.74) is 2.41. The first-order valence-corrected chi connectivity index (χ1v) is 6.57. The molecule has 0 atom stereocenters. The second-order valence-electron chi connectivity index (χ2n) is 6.42. The van der Waals surface area contributed by atoms with Gasteiger partial charge in [-0.05, 0) is 36.1 Å². The van der Waals surface area contributed by atoms with Gasteiger partial charge in [0.25, 0.3) is 0 Å². The van der Waals surface area contributed by atoms with E-state index in [-0.39, 0.29) is 35.4 Å². The Balaban J connectivity index is 0.00000133. The van der Waals surface area contributed by atoms with Gasteiger partial charge in [0.1, 0.15) is 0 Å². The zero-order chi connectivity index (χ0) is 13.0. The molecule has 3 heteroatoms. The fraction of sp³-hybridized carbons (Fsp3) is 0.438. The summed E-state index contributed by atoms with van der Waals surface area (Å²) in [7, 11) is 0. The molecule has 1 saturated carbocycles. The van der Waals surface area contributed by atoms with Crippen LogP contribution in [-0.2, 0) is 5.41 Å². The summed E-state index contributed by atoms with van der Waals surface area (Å²) < 4.78 is 0. The Kier molecular flexibility index (Phi) is 3.45. The van der Waals surface area contributed by atoms with Crippen molar-refractivity contribution in [3.05, 3.63) is 36.0 Å². The monoisotopic (exact) mass is 248 g/mol. The molecule has 19 heavy (non-hydrogen) atoms. The van der Waals surface area contributed by atoms with Crippen LogP contribution in [-0.4, -0.2) is 0 Å². The third-order valence-electron chi connectivity index (χ3n) is 4.45. The Labute approximate surface area is 126 Å². The van der Waals surface area contributed by atoms with Gasteiger partial charge in [-0.1, -0.05) is 32.9 Å². The first-order chi connectivity index (χ1) is 8.44. The molecule has 1 fully saturated rings. The average Bonchev–Trinajstić information content (AvgIpc) is 3.09. The first kappa shape index (κ1) is 14.4. The number of aromatic nitrogens is 1. The van der Waals surface area contributed by atoms with E-state index in [1.807, 2.05) is 12.1 Å². The Bertz CT molecular complexity index is 612. The molecule has 0 unspecified atom stereocenters. The van der Waals surface area contributed by atoms with Crippen molar-refractivity contribution in [3.8, 4) is 5.75 Å². The molecule has 2 nitrogen and oxygen atoms in total. The van der Waals surface area contributed by atoms with Crippen LogP contribution < -0.4 is 29.0 Å². The van der Waals surface area contributed by atoms with Crippen molar-refractivity contribution in [2.75, 3.05) is 0 Å². The van der Waals surface area contributed by atoms with Gasteiger partial charge in [-0.15, -0.1) is 0 Å². The number of aromatic amines is 1. The minimum absolute atomic E-state index is 0. The largest absolute Gasteiger partial charge is 1.00 e. The molecule has 1 aromatic heterocycles. The molecule has 0 radical (unpaired) electrons. The summed E-state index contributed by atoms with van der Waals surface area (Å²) in [6, 6.07) is 9.64. The summed E-state index contributed by atoms with van der Waals surface area (Å²) in [6.07, 6.45) is 2.42. The molecule has 1 aliphatic carbocycles. The molecule has 94 valence electrons. The zero-order valence-corrected chi connectivity index (χ0v) is 12.2. The topological polar surface area (TPSA) is 37.2 Å². The van der Waals surface area contributed by atoms with Crippen LogP contribution in [0.15, 0.2) is 30.3 Å². The number of rotatable bonds is 1. The third-order valence-corrected chi connectivity index (χ3v) is 4.45. The molecule has 0 aliphatic heterocycles. The van der Waals surface area contributed by atoms with Crippen molar-refractivity contribution < 1.29 is 29.0 Å². The van der Waals surface area contributed by atoms with E-state index in [4.69, 9.17) is 0 Å². The molecule has 0 spiro atoms. The van der Waals surface area contributed by atoms with Gasteiger partial charge in [0, 0.05) is 11.5 Å². The van der Waals surface area contributed by atoms with Crippen LogP contribution in [0.25, 0.3) is 10.9 Å². The summed E-state index contributed by atoms with van der Waals surface area (Å²) in [6.45, 7) is 6.84. The number of H-pyrrole nitrogens is 1. The Hall–Kier alpha value is -0.973. The molecule has 0 saturated heterocycles. The van der Waals surface area contributed by atoms with E-state index in [0.717, 1.165) is 10.9 Å². The quantitative estimate of drug-likeness (QED) is 0.644. The normalized spacial score (nSPS) is 17.0. The average molecular weight is 248 g/mol. The molecule has 0 bridgehead atoms. The van der Waals surface area contributed by atoms with Crippen molar-refractivity contribution >= 4 is 10.9 Å². The van der Waals surface area contributed by atoms with E-state index in [9.17, 15) is 5.11 Å². The first-order valence-electron chi connectivity index (χ1n) is 6.57. The predicted molar refractivity (Wildman–Crippen MR) is 70.3 cm³/mol. The standard InChI is InChI=1S/C16H19NO.Li/c1-15(2,3)16(9-10-16)13-8-7-11-5-4-6-12(18)14(11)17-13;/h4-8,18H,9-10H2,1-3H3;/q;+1. The number of hydrogen-bond acceptors (Lipinski definition) is 1. The van der Waals surface area contributed by atoms with E-state index < -0.39 is 0 Å². The second kappa shape index (κ2) is 4.54. The van der Waals surface area contributed by atoms with Gasteiger partial charge in [-0.2, -0.15) is 0 Å². The fourth-order valence-electron chi connectivity index (χ4n) is 3.00. The third kappa shape index (κ3) is 2.18. The van der Waals surface area contributed by atoms with Gasteiger partial charge in [-0.25, -0.2) is 4.98 Å². The van der Waals surface area contributed by atoms with Crippen molar-refractivity contribution in [2.24, 2.45) is 5.41 Å². The van der Waals surface area contributed by atoms with Crippen LogP contribution in [0, 0.1) is 5.41 Å². The zero-order valence-electron chi connectivity index (χ0n) is 12.2. The number of nitrogens with one attached hydrogen (secondary N) is 1. The molecule has 1 heterocycles. The fourth-order valence-corrected chi connectivity index (χ4v) is 3.00. The van der Waals surface area contributed by atoms with Gasteiger partial charge in [0.2, 0.25) is 5.52 Å². The van der Waals surface area contributed by atoms with Crippen LogP contribution in [0.1, 0.15) is 39.3 Å². The maximum absolute atomic E-state index is 11.9. The van der Waals surface area contributed by atoms with Crippen molar-refractivity contribution in [3.63, 3.8) is 0 Å². The Morgan fingerprint density at radius 3 is 2.37 bits per heavy atom. The molecule has 0 amide bonds. The summed E-state index contributed by atoms with van der Waals surface area (Å²) in [4.78, 5) is 3.39. The molecular formula is C16H19LiNO+. The number of fused-ring (bicyclic) bond motifs is 1.